The lowest BCUT2D eigenvalue weighted by Gasteiger charge is -2.34. The highest BCUT2D eigenvalue weighted by Crippen LogP contribution is 2.29. The molecule has 1 N–H and O–H groups in total. The molecule has 104 valence electrons. The van der Waals surface area contributed by atoms with E-state index in [2.05, 4.69) is 0 Å². The quantitative estimate of drug-likeness (QED) is 0.666. The number of hydrogen-bond acceptors (Lipinski definition) is 5. The van der Waals surface area contributed by atoms with Crippen LogP contribution in [0.1, 0.15) is 24.8 Å². The number of rotatable bonds is 3. The monoisotopic (exact) mass is 275 g/mol. The van der Waals surface area contributed by atoms with E-state index in [4.69, 9.17) is 5.26 Å². The molecule has 0 amide bonds. The maximum absolute atomic E-state index is 11.3. The standard InChI is InChI=1S/C13H13N3O4/c14-8-9-7-10(4-5-11(9)16(19)20)15-6-2-1-3-12(15)13(17)18/h4-5,7,12H,1-3,6H2,(H,17,18). The SMILES string of the molecule is N#Cc1cc(N2CCCCC2C(=O)O)ccc1[N+](=O)[O-]. The van der Waals surface area contributed by atoms with Crippen molar-refractivity contribution in [2.45, 2.75) is 25.3 Å². The fraction of sp³-hybridized carbons (Fsp3) is 0.385. The molecule has 1 aliphatic heterocycles. The fourth-order valence-corrected chi connectivity index (χ4v) is 2.45. The highest BCUT2D eigenvalue weighted by Gasteiger charge is 2.29. The number of piperidine rings is 1. The molecular weight excluding hydrogens is 262 g/mol. The van der Waals surface area contributed by atoms with Gasteiger partial charge in [0.25, 0.3) is 5.69 Å². The Morgan fingerprint density at radius 3 is 2.85 bits per heavy atom. The zero-order chi connectivity index (χ0) is 14.7. The molecule has 1 fully saturated rings. The Bertz CT molecular complexity index is 594. The summed E-state index contributed by atoms with van der Waals surface area (Å²) in [4.78, 5) is 23.1. The number of hydrogen-bond donors (Lipinski definition) is 1. The van der Waals surface area contributed by atoms with Crippen molar-refractivity contribution in [2.24, 2.45) is 0 Å². The van der Waals surface area contributed by atoms with Crippen LogP contribution in [0.5, 0.6) is 0 Å². The lowest BCUT2D eigenvalue weighted by Crippen LogP contribution is -2.44. The fourth-order valence-electron chi connectivity index (χ4n) is 2.45. The summed E-state index contributed by atoms with van der Waals surface area (Å²) in [5.74, 6) is -0.915. The van der Waals surface area contributed by atoms with Crippen LogP contribution in [0, 0.1) is 21.4 Å². The molecule has 20 heavy (non-hydrogen) atoms. The van der Waals surface area contributed by atoms with Gasteiger partial charge in [0.1, 0.15) is 17.7 Å². The number of aliphatic carboxylic acids is 1. The van der Waals surface area contributed by atoms with Crippen molar-refractivity contribution in [3.63, 3.8) is 0 Å². The molecule has 7 heteroatoms. The first kappa shape index (κ1) is 13.8. The van der Waals surface area contributed by atoms with Gasteiger partial charge in [0.15, 0.2) is 0 Å². The number of carboxylic acid groups (broad SMARTS) is 1. The zero-order valence-corrected chi connectivity index (χ0v) is 10.7. The number of nitro groups is 1. The second-order valence-corrected chi connectivity index (χ2v) is 4.61. The van der Waals surface area contributed by atoms with E-state index in [1.165, 1.54) is 18.2 Å². The van der Waals surface area contributed by atoms with Gasteiger partial charge in [-0.05, 0) is 31.4 Å². The molecule has 1 saturated heterocycles. The Kier molecular flexibility index (Phi) is 3.84. The number of carboxylic acids is 1. The van der Waals surface area contributed by atoms with Gasteiger partial charge < -0.3 is 10.0 Å². The number of nitriles is 1. The predicted molar refractivity (Wildman–Crippen MR) is 70.4 cm³/mol. The summed E-state index contributed by atoms with van der Waals surface area (Å²) in [7, 11) is 0. The Labute approximate surface area is 115 Å². The molecule has 1 aliphatic rings. The zero-order valence-electron chi connectivity index (χ0n) is 10.7. The predicted octanol–water partition coefficient (Wildman–Crippen LogP) is 1.91. The van der Waals surface area contributed by atoms with E-state index < -0.39 is 16.9 Å². The summed E-state index contributed by atoms with van der Waals surface area (Å²) in [5, 5.41) is 29.0. The van der Waals surface area contributed by atoms with Gasteiger partial charge in [-0.2, -0.15) is 5.26 Å². The van der Waals surface area contributed by atoms with Crippen molar-refractivity contribution >= 4 is 17.3 Å². The molecule has 1 aromatic rings. The van der Waals surface area contributed by atoms with Gasteiger partial charge in [0, 0.05) is 18.3 Å². The van der Waals surface area contributed by atoms with Gasteiger partial charge in [0.05, 0.1) is 4.92 Å². The molecule has 7 nitrogen and oxygen atoms in total. The van der Waals surface area contributed by atoms with Crippen LogP contribution in [0.25, 0.3) is 0 Å². The van der Waals surface area contributed by atoms with E-state index in [1.807, 2.05) is 0 Å². The molecule has 0 bridgehead atoms. The van der Waals surface area contributed by atoms with Crippen LogP contribution >= 0.6 is 0 Å². The van der Waals surface area contributed by atoms with Crippen LogP contribution in [0.3, 0.4) is 0 Å². The van der Waals surface area contributed by atoms with Gasteiger partial charge in [-0.15, -0.1) is 0 Å². The van der Waals surface area contributed by atoms with Crippen molar-refractivity contribution in [3.05, 3.63) is 33.9 Å². The molecule has 0 radical (unpaired) electrons. The van der Waals surface area contributed by atoms with Crippen molar-refractivity contribution in [1.82, 2.24) is 0 Å². The summed E-state index contributed by atoms with van der Waals surface area (Å²) in [6.07, 6.45) is 2.24. The van der Waals surface area contributed by atoms with Crippen LogP contribution < -0.4 is 4.90 Å². The average molecular weight is 275 g/mol. The molecule has 1 atom stereocenters. The molecule has 0 aromatic heterocycles. The smallest absolute Gasteiger partial charge is 0.326 e. The van der Waals surface area contributed by atoms with Crippen LogP contribution in [-0.2, 0) is 4.79 Å². The van der Waals surface area contributed by atoms with Gasteiger partial charge >= 0.3 is 5.97 Å². The third-order valence-electron chi connectivity index (χ3n) is 3.42. The second kappa shape index (κ2) is 5.57. The Morgan fingerprint density at radius 1 is 1.50 bits per heavy atom. The normalized spacial score (nSPS) is 18.4. The Balaban J connectivity index is 2.39. The second-order valence-electron chi connectivity index (χ2n) is 4.61. The topological polar surface area (TPSA) is 107 Å². The summed E-state index contributed by atoms with van der Waals surface area (Å²) >= 11 is 0. The van der Waals surface area contributed by atoms with E-state index in [1.54, 1.807) is 11.0 Å². The molecule has 1 unspecified atom stereocenters. The van der Waals surface area contributed by atoms with Crippen molar-refractivity contribution in [1.29, 1.82) is 5.26 Å². The van der Waals surface area contributed by atoms with Crippen molar-refractivity contribution in [2.75, 3.05) is 11.4 Å². The maximum Gasteiger partial charge on any atom is 0.326 e. The number of nitrogens with zero attached hydrogens (tertiary/aromatic N) is 3. The molecule has 2 rings (SSSR count). The minimum absolute atomic E-state index is 0.0535. The number of benzene rings is 1. The van der Waals surface area contributed by atoms with Gasteiger partial charge in [-0.3, -0.25) is 10.1 Å². The first-order valence-corrected chi connectivity index (χ1v) is 6.22. The van der Waals surface area contributed by atoms with E-state index in [-0.39, 0.29) is 11.3 Å². The van der Waals surface area contributed by atoms with E-state index in [9.17, 15) is 20.0 Å². The molecule has 0 aliphatic carbocycles. The Hall–Kier alpha value is -2.62. The average Bonchev–Trinajstić information content (AvgIpc) is 2.46. The van der Waals surface area contributed by atoms with Gasteiger partial charge in [0.2, 0.25) is 0 Å². The van der Waals surface area contributed by atoms with E-state index in [0.717, 1.165) is 12.8 Å². The van der Waals surface area contributed by atoms with Gasteiger partial charge in [-0.1, -0.05) is 0 Å². The van der Waals surface area contributed by atoms with Crippen LogP contribution in [-0.4, -0.2) is 28.6 Å². The highest BCUT2D eigenvalue weighted by molar-refractivity contribution is 5.79. The van der Waals surface area contributed by atoms with Crippen LogP contribution in [0.4, 0.5) is 11.4 Å². The van der Waals surface area contributed by atoms with Crippen LogP contribution in [0.15, 0.2) is 18.2 Å². The van der Waals surface area contributed by atoms with E-state index >= 15 is 0 Å². The van der Waals surface area contributed by atoms with Crippen molar-refractivity contribution in [3.8, 4) is 6.07 Å². The Morgan fingerprint density at radius 2 is 2.25 bits per heavy atom. The lowest BCUT2D eigenvalue weighted by atomic mass is 10.0. The van der Waals surface area contributed by atoms with E-state index in [0.29, 0.717) is 18.7 Å². The largest absolute Gasteiger partial charge is 0.480 e. The highest BCUT2D eigenvalue weighted by atomic mass is 16.6. The van der Waals surface area contributed by atoms with Crippen molar-refractivity contribution < 1.29 is 14.8 Å². The minimum Gasteiger partial charge on any atom is -0.480 e. The summed E-state index contributed by atoms with van der Waals surface area (Å²) < 4.78 is 0. The minimum atomic E-state index is -0.915. The summed E-state index contributed by atoms with van der Waals surface area (Å²) in [6.45, 7) is 0.569. The lowest BCUT2D eigenvalue weighted by molar-refractivity contribution is -0.385. The maximum atomic E-state index is 11.3. The number of anilines is 1. The third kappa shape index (κ3) is 2.54. The first-order valence-electron chi connectivity index (χ1n) is 6.22. The van der Waals surface area contributed by atoms with Crippen LogP contribution in [0.2, 0.25) is 0 Å². The number of nitro benzene ring substituents is 1. The molecule has 0 saturated carbocycles. The molecular formula is C13H13N3O4. The number of carbonyl (C=O) groups is 1. The van der Waals surface area contributed by atoms with Gasteiger partial charge in [-0.25, -0.2) is 4.79 Å². The molecule has 1 heterocycles. The first-order chi connectivity index (χ1) is 9.54. The third-order valence-corrected chi connectivity index (χ3v) is 3.42. The molecule has 0 spiro atoms. The summed E-state index contributed by atoms with van der Waals surface area (Å²) in [6, 6.07) is 5.28. The molecule has 1 aromatic carbocycles. The summed E-state index contributed by atoms with van der Waals surface area (Å²) in [5.41, 5.74) is 0.224.